The van der Waals surface area contributed by atoms with Crippen molar-refractivity contribution in [3.05, 3.63) is 24.0 Å². The van der Waals surface area contributed by atoms with E-state index in [-0.39, 0.29) is 0 Å². The first-order chi connectivity index (χ1) is 5.83. The third-order valence-corrected chi connectivity index (χ3v) is 1.36. The number of aromatic nitrogens is 1. The molecule has 12 heavy (non-hydrogen) atoms. The molecule has 0 fully saturated rings. The summed E-state index contributed by atoms with van der Waals surface area (Å²) in [6.07, 6.45) is 1.68. The number of methoxy groups -OCH3 is 1. The first-order valence-corrected chi connectivity index (χ1v) is 3.79. The number of hydrogen-bond acceptors (Lipinski definition) is 3. The van der Waals surface area contributed by atoms with Gasteiger partial charge in [0.25, 0.3) is 0 Å². The highest BCUT2D eigenvalue weighted by atomic mass is 16.5. The van der Waals surface area contributed by atoms with Gasteiger partial charge >= 0.3 is 0 Å². The smallest absolute Gasteiger partial charge is 0.138 e. The summed E-state index contributed by atoms with van der Waals surface area (Å²) in [4.78, 5) is 4.04. The molecule has 1 radical (unpaired) electrons. The van der Waals surface area contributed by atoms with Crippen molar-refractivity contribution in [2.24, 2.45) is 0 Å². The molecule has 0 atom stereocenters. The zero-order valence-electron chi connectivity index (χ0n) is 7.33. The average molecular weight is 166 g/mol. The predicted molar refractivity (Wildman–Crippen MR) is 45.2 cm³/mol. The molecule has 0 unspecified atom stereocenters. The third-order valence-electron chi connectivity index (χ3n) is 1.36. The largest absolute Gasteiger partial charge is 0.490 e. The van der Waals surface area contributed by atoms with Crippen molar-refractivity contribution in [3.8, 4) is 5.75 Å². The standard InChI is InChI=1S/C9H12NO2/c1-8-3-4-9(7-10-8)12-6-5-11-2/h4,7H,5-6H2,1-2H3. The molecule has 65 valence electrons. The monoisotopic (exact) mass is 166 g/mol. The fourth-order valence-corrected chi connectivity index (χ4v) is 0.732. The Hall–Kier alpha value is -1.09. The summed E-state index contributed by atoms with van der Waals surface area (Å²) in [6, 6.07) is 4.73. The molecule has 0 aromatic carbocycles. The van der Waals surface area contributed by atoms with Crippen LogP contribution in [0.25, 0.3) is 0 Å². The van der Waals surface area contributed by atoms with E-state index in [2.05, 4.69) is 11.1 Å². The molecule has 3 nitrogen and oxygen atoms in total. The molecule has 0 saturated carbocycles. The van der Waals surface area contributed by atoms with Gasteiger partial charge in [-0.25, -0.2) is 0 Å². The maximum absolute atomic E-state index is 5.28. The molecule has 0 saturated heterocycles. The lowest BCUT2D eigenvalue weighted by Crippen LogP contribution is -2.04. The Morgan fingerprint density at radius 1 is 1.50 bits per heavy atom. The molecule has 0 aliphatic heterocycles. The fraction of sp³-hybridized carbons (Fsp3) is 0.444. The van der Waals surface area contributed by atoms with Crippen molar-refractivity contribution in [2.45, 2.75) is 6.92 Å². The number of rotatable bonds is 4. The molecule has 1 aromatic heterocycles. The molecule has 0 aliphatic carbocycles. The van der Waals surface area contributed by atoms with Crippen LogP contribution in [0, 0.1) is 13.0 Å². The van der Waals surface area contributed by atoms with Crippen LogP contribution in [0.15, 0.2) is 12.3 Å². The lowest BCUT2D eigenvalue weighted by molar-refractivity contribution is 0.146. The zero-order valence-corrected chi connectivity index (χ0v) is 7.33. The summed E-state index contributed by atoms with van der Waals surface area (Å²) >= 11 is 0. The van der Waals surface area contributed by atoms with E-state index in [1.807, 2.05) is 6.92 Å². The van der Waals surface area contributed by atoms with E-state index in [0.29, 0.717) is 13.2 Å². The molecule has 0 bridgehead atoms. The van der Waals surface area contributed by atoms with Gasteiger partial charge in [-0.2, -0.15) is 0 Å². The van der Waals surface area contributed by atoms with Crippen LogP contribution < -0.4 is 4.74 Å². The van der Waals surface area contributed by atoms with Gasteiger partial charge in [0.15, 0.2) is 0 Å². The second-order valence-electron chi connectivity index (χ2n) is 2.38. The average Bonchev–Trinajstić information content (AvgIpc) is 2.09. The maximum Gasteiger partial charge on any atom is 0.138 e. The van der Waals surface area contributed by atoms with Gasteiger partial charge in [0, 0.05) is 18.9 Å². The predicted octanol–water partition coefficient (Wildman–Crippen LogP) is 1.22. The van der Waals surface area contributed by atoms with Crippen molar-refractivity contribution >= 4 is 0 Å². The first kappa shape index (κ1) is 9.00. The Morgan fingerprint density at radius 2 is 2.33 bits per heavy atom. The van der Waals surface area contributed by atoms with Gasteiger partial charge in [0.05, 0.1) is 12.8 Å². The van der Waals surface area contributed by atoms with Gasteiger partial charge in [-0.3, -0.25) is 4.98 Å². The van der Waals surface area contributed by atoms with Crippen LogP contribution in [0.5, 0.6) is 5.75 Å². The van der Waals surface area contributed by atoms with Crippen LogP contribution in [-0.2, 0) is 4.74 Å². The van der Waals surface area contributed by atoms with E-state index in [4.69, 9.17) is 9.47 Å². The highest BCUT2D eigenvalue weighted by Gasteiger charge is 1.92. The van der Waals surface area contributed by atoms with E-state index in [0.717, 1.165) is 11.4 Å². The minimum atomic E-state index is 0.551. The van der Waals surface area contributed by atoms with Gasteiger partial charge in [-0.1, -0.05) is 0 Å². The maximum atomic E-state index is 5.28. The Labute approximate surface area is 72.3 Å². The molecule has 0 spiro atoms. The topological polar surface area (TPSA) is 31.4 Å². The summed E-state index contributed by atoms with van der Waals surface area (Å²) < 4.78 is 10.1. The van der Waals surface area contributed by atoms with Gasteiger partial charge < -0.3 is 9.47 Å². The second-order valence-corrected chi connectivity index (χ2v) is 2.38. The summed E-state index contributed by atoms with van der Waals surface area (Å²) in [7, 11) is 1.64. The molecule has 1 rings (SSSR count). The van der Waals surface area contributed by atoms with Crippen LogP contribution in [0.1, 0.15) is 5.69 Å². The fourth-order valence-electron chi connectivity index (χ4n) is 0.732. The highest BCUT2D eigenvalue weighted by molar-refractivity contribution is 5.17. The van der Waals surface area contributed by atoms with E-state index in [1.165, 1.54) is 0 Å². The molecule has 1 heterocycles. The quantitative estimate of drug-likeness (QED) is 0.630. The Bertz CT molecular complexity index is 220. The molecular weight excluding hydrogens is 154 g/mol. The van der Waals surface area contributed by atoms with Gasteiger partial charge in [0.1, 0.15) is 12.4 Å². The minimum Gasteiger partial charge on any atom is -0.490 e. The summed E-state index contributed by atoms with van der Waals surface area (Å²) in [5.41, 5.74) is 0.870. The Balaban J connectivity index is 2.37. The molecule has 0 aliphatic rings. The van der Waals surface area contributed by atoms with Crippen LogP contribution >= 0.6 is 0 Å². The van der Waals surface area contributed by atoms with E-state index >= 15 is 0 Å². The number of hydrogen-bond donors (Lipinski definition) is 0. The lowest BCUT2D eigenvalue weighted by Gasteiger charge is -2.03. The number of pyridine rings is 1. The Kier molecular flexibility index (Phi) is 3.54. The molecule has 1 aromatic rings. The number of ether oxygens (including phenoxy) is 2. The SMILES string of the molecule is COCCOc1c[c]c(C)nc1. The molecule has 3 heteroatoms. The van der Waals surface area contributed by atoms with Crippen molar-refractivity contribution in [2.75, 3.05) is 20.3 Å². The molecular formula is C9H12NO2. The third kappa shape index (κ3) is 2.88. The minimum absolute atomic E-state index is 0.551. The second kappa shape index (κ2) is 4.72. The first-order valence-electron chi connectivity index (χ1n) is 3.79. The van der Waals surface area contributed by atoms with Crippen molar-refractivity contribution in [1.82, 2.24) is 4.98 Å². The summed E-state index contributed by atoms with van der Waals surface area (Å²) in [5, 5.41) is 0. The lowest BCUT2D eigenvalue weighted by atomic mass is 10.4. The summed E-state index contributed by atoms with van der Waals surface area (Å²) in [5.74, 6) is 0.734. The van der Waals surface area contributed by atoms with E-state index in [1.54, 1.807) is 19.4 Å². The van der Waals surface area contributed by atoms with Crippen molar-refractivity contribution in [1.29, 1.82) is 0 Å². The van der Waals surface area contributed by atoms with Crippen LogP contribution in [0.2, 0.25) is 0 Å². The highest BCUT2D eigenvalue weighted by Crippen LogP contribution is 2.07. The van der Waals surface area contributed by atoms with E-state index in [9.17, 15) is 0 Å². The summed E-state index contributed by atoms with van der Waals surface area (Å²) in [6.45, 7) is 3.03. The normalized spacial score (nSPS) is 9.83. The van der Waals surface area contributed by atoms with E-state index < -0.39 is 0 Å². The Morgan fingerprint density at radius 3 is 2.92 bits per heavy atom. The van der Waals surface area contributed by atoms with Crippen LogP contribution in [-0.4, -0.2) is 25.3 Å². The van der Waals surface area contributed by atoms with Gasteiger partial charge in [0.2, 0.25) is 0 Å². The van der Waals surface area contributed by atoms with Crippen molar-refractivity contribution in [3.63, 3.8) is 0 Å². The van der Waals surface area contributed by atoms with Gasteiger partial charge in [-0.15, -0.1) is 0 Å². The van der Waals surface area contributed by atoms with Crippen LogP contribution in [0.4, 0.5) is 0 Å². The number of aryl methyl sites for hydroxylation is 1. The molecule has 0 N–H and O–H groups in total. The van der Waals surface area contributed by atoms with Crippen molar-refractivity contribution < 1.29 is 9.47 Å². The molecule has 0 amide bonds. The number of nitrogens with zero attached hydrogens (tertiary/aromatic N) is 1. The van der Waals surface area contributed by atoms with Crippen LogP contribution in [0.3, 0.4) is 0 Å². The van der Waals surface area contributed by atoms with Gasteiger partial charge in [-0.05, 0) is 13.0 Å². The zero-order chi connectivity index (χ0) is 8.81.